The van der Waals surface area contributed by atoms with Gasteiger partial charge in [-0.05, 0) is 18.2 Å². The molecule has 2 rings (SSSR count). The van der Waals surface area contributed by atoms with E-state index in [2.05, 4.69) is 22.8 Å². The van der Waals surface area contributed by atoms with Gasteiger partial charge in [0.05, 0.1) is 27.7 Å². The van der Waals surface area contributed by atoms with E-state index in [1.807, 2.05) is 69.5 Å². The monoisotopic (exact) mass is 399 g/mol. The maximum atomic E-state index is 12.3. The van der Waals surface area contributed by atoms with Crippen molar-refractivity contribution in [1.29, 1.82) is 0 Å². The molecule has 29 heavy (non-hydrogen) atoms. The fourth-order valence-electron chi connectivity index (χ4n) is 3.04. The Kier molecular flexibility index (Phi) is 8.03. The molecule has 0 aromatic heterocycles. The van der Waals surface area contributed by atoms with Crippen molar-refractivity contribution < 1.29 is 19.2 Å². The number of para-hydroxylation sites is 1. The molecule has 0 unspecified atom stereocenters. The number of rotatable bonds is 8. The molecular formula is C22H31N4O3+. The van der Waals surface area contributed by atoms with E-state index in [1.54, 1.807) is 7.11 Å². The normalized spacial score (nSPS) is 11.7. The van der Waals surface area contributed by atoms with Gasteiger partial charge < -0.3 is 25.2 Å². The summed E-state index contributed by atoms with van der Waals surface area (Å²) in [5.74, 6) is -0.631. The van der Waals surface area contributed by atoms with Crippen LogP contribution in [-0.2, 0) is 16.1 Å². The third-order valence-corrected chi connectivity index (χ3v) is 4.81. The third kappa shape index (κ3) is 6.22. The lowest BCUT2D eigenvalue weighted by Gasteiger charge is -2.23. The molecule has 0 aliphatic rings. The second kappa shape index (κ2) is 10.5. The molecule has 156 valence electrons. The van der Waals surface area contributed by atoms with Crippen LogP contribution in [0.15, 0.2) is 48.5 Å². The number of benzene rings is 2. The fourth-order valence-corrected chi connectivity index (χ4v) is 3.04. The Hall–Kier alpha value is -3.06. The number of carbonyl (C=O) groups excluding carboxylic acids is 2. The fraction of sp³-hybridized carbons (Fsp3) is 0.364. The van der Waals surface area contributed by atoms with Gasteiger partial charge in [0.25, 0.3) is 0 Å². The molecule has 0 heterocycles. The van der Waals surface area contributed by atoms with Crippen molar-refractivity contribution in [1.82, 2.24) is 10.6 Å². The van der Waals surface area contributed by atoms with Crippen LogP contribution < -0.4 is 25.2 Å². The molecule has 0 aliphatic heterocycles. The number of hydrogen-bond acceptors (Lipinski definition) is 4. The van der Waals surface area contributed by atoms with Crippen LogP contribution in [0.5, 0.6) is 5.75 Å². The molecule has 3 N–H and O–H groups in total. The first-order valence-electron chi connectivity index (χ1n) is 9.58. The van der Waals surface area contributed by atoms with Gasteiger partial charge in [0.15, 0.2) is 0 Å². The van der Waals surface area contributed by atoms with Crippen LogP contribution in [0, 0.1) is 0 Å². The summed E-state index contributed by atoms with van der Waals surface area (Å²) in [6, 6.07) is 15.6. The average Bonchev–Trinajstić information content (AvgIpc) is 2.72. The lowest BCUT2D eigenvalue weighted by atomic mass is 10.1. The van der Waals surface area contributed by atoms with E-state index in [0.717, 1.165) is 21.7 Å². The van der Waals surface area contributed by atoms with Crippen LogP contribution in [0.1, 0.15) is 17.2 Å². The molecule has 0 bridgehead atoms. The summed E-state index contributed by atoms with van der Waals surface area (Å²) < 4.78 is 5.26. The van der Waals surface area contributed by atoms with Gasteiger partial charge in [-0.15, -0.1) is 0 Å². The standard InChI is InChI=1S/C22H30N4O3/c1-25(2)18-12-10-16(11-13-18)19(26(3)4)15-24-22(28)21(27)23-14-17-8-6-7-9-20(17)29-5/h6-13,19H,14-15H2,1-5H3,(H,23,27)(H,24,28)/p+1/t19-/m1/s1. The van der Waals surface area contributed by atoms with E-state index in [0.29, 0.717) is 12.3 Å². The van der Waals surface area contributed by atoms with Crippen molar-refractivity contribution in [2.75, 3.05) is 46.7 Å². The number of likely N-dealkylation sites (N-methyl/N-ethyl adjacent to an activating group) is 1. The number of amides is 2. The molecule has 0 fully saturated rings. The van der Waals surface area contributed by atoms with Crippen molar-refractivity contribution in [3.05, 3.63) is 59.7 Å². The molecule has 0 aliphatic carbocycles. The number of methoxy groups -OCH3 is 1. The number of nitrogens with one attached hydrogen (secondary N) is 3. The van der Waals surface area contributed by atoms with Gasteiger partial charge in [-0.3, -0.25) is 9.59 Å². The number of quaternary nitrogens is 1. The Bertz CT molecular complexity index is 819. The molecular weight excluding hydrogens is 368 g/mol. The van der Waals surface area contributed by atoms with Crippen molar-refractivity contribution in [3.8, 4) is 5.75 Å². The Balaban J connectivity index is 1.93. The van der Waals surface area contributed by atoms with E-state index >= 15 is 0 Å². The van der Waals surface area contributed by atoms with Crippen LogP contribution in [0.2, 0.25) is 0 Å². The number of anilines is 1. The highest BCUT2D eigenvalue weighted by atomic mass is 16.5. The summed E-state index contributed by atoms with van der Waals surface area (Å²) in [4.78, 5) is 27.6. The summed E-state index contributed by atoms with van der Waals surface area (Å²) in [5.41, 5.74) is 3.03. The van der Waals surface area contributed by atoms with Gasteiger partial charge in [-0.25, -0.2) is 0 Å². The molecule has 2 amide bonds. The molecule has 0 saturated carbocycles. The maximum Gasteiger partial charge on any atom is 0.309 e. The van der Waals surface area contributed by atoms with Crippen LogP contribution in [0.3, 0.4) is 0 Å². The molecule has 7 nitrogen and oxygen atoms in total. The first kappa shape index (κ1) is 22.2. The molecule has 7 heteroatoms. The second-order valence-electron chi connectivity index (χ2n) is 7.32. The summed E-state index contributed by atoms with van der Waals surface area (Å²) in [7, 11) is 9.61. The van der Waals surface area contributed by atoms with Crippen LogP contribution in [0.25, 0.3) is 0 Å². The highest BCUT2D eigenvalue weighted by Crippen LogP contribution is 2.17. The van der Waals surface area contributed by atoms with Crippen molar-refractivity contribution in [2.24, 2.45) is 0 Å². The molecule has 2 aromatic carbocycles. The van der Waals surface area contributed by atoms with Gasteiger partial charge in [0.2, 0.25) is 0 Å². The summed E-state index contributed by atoms with van der Waals surface area (Å²) in [5, 5.41) is 5.39. The Morgan fingerprint density at radius 3 is 2.21 bits per heavy atom. The number of hydrogen-bond donors (Lipinski definition) is 3. The minimum Gasteiger partial charge on any atom is -0.496 e. The largest absolute Gasteiger partial charge is 0.496 e. The summed E-state index contributed by atoms with van der Waals surface area (Å²) in [6.07, 6.45) is 0. The van der Waals surface area contributed by atoms with E-state index in [1.165, 1.54) is 0 Å². The minimum atomic E-state index is -0.661. The van der Waals surface area contributed by atoms with E-state index in [-0.39, 0.29) is 12.6 Å². The average molecular weight is 400 g/mol. The number of nitrogens with zero attached hydrogens (tertiary/aromatic N) is 1. The predicted molar refractivity (Wildman–Crippen MR) is 114 cm³/mol. The quantitative estimate of drug-likeness (QED) is 0.561. The highest BCUT2D eigenvalue weighted by molar-refractivity contribution is 6.35. The van der Waals surface area contributed by atoms with Gasteiger partial charge in [-0.2, -0.15) is 0 Å². The zero-order chi connectivity index (χ0) is 21.4. The number of ether oxygens (including phenoxy) is 1. The van der Waals surface area contributed by atoms with Crippen molar-refractivity contribution in [2.45, 2.75) is 12.6 Å². The van der Waals surface area contributed by atoms with Crippen LogP contribution in [0.4, 0.5) is 5.69 Å². The van der Waals surface area contributed by atoms with E-state index in [4.69, 9.17) is 4.74 Å². The summed E-state index contributed by atoms with van der Waals surface area (Å²) >= 11 is 0. The predicted octanol–water partition coefficient (Wildman–Crippen LogP) is 0.379. The Morgan fingerprint density at radius 2 is 1.62 bits per heavy atom. The van der Waals surface area contributed by atoms with Crippen LogP contribution >= 0.6 is 0 Å². The van der Waals surface area contributed by atoms with Crippen molar-refractivity contribution in [3.63, 3.8) is 0 Å². The molecule has 0 spiro atoms. The zero-order valence-electron chi connectivity index (χ0n) is 17.8. The first-order chi connectivity index (χ1) is 13.8. The van der Waals surface area contributed by atoms with Crippen molar-refractivity contribution >= 4 is 17.5 Å². The zero-order valence-corrected chi connectivity index (χ0v) is 17.8. The van der Waals surface area contributed by atoms with Gasteiger partial charge in [0, 0.05) is 37.5 Å². The number of carbonyl (C=O) groups is 2. The third-order valence-electron chi connectivity index (χ3n) is 4.81. The second-order valence-corrected chi connectivity index (χ2v) is 7.32. The van der Waals surface area contributed by atoms with E-state index < -0.39 is 11.8 Å². The lowest BCUT2D eigenvalue weighted by Crippen LogP contribution is -3.07. The molecule has 2 aromatic rings. The maximum absolute atomic E-state index is 12.3. The molecule has 0 saturated heterocycles. The summed E-state index contributed by atoms with van der Waals surface area (Å²) in [6.45, 7) is 0.592. The van der Waals surface area contributed by atoms with Gasteiger partial charge in [-0.1, -0.05) is 30.3 Å². The van der Waals surface area contributed by atoms with E-state index in [9.17, 15) is 9.59 Å². The van der Waals surface area contributed by atoms with Gasteiger partial charge in [0.1, 0.15) is 11.8 Å². The first-order valence-corrected chi connectivity index (χ1v) is 9.58. The lowest BCUT2D eigenvalue weighted by molar-refractivity contribution is -0.890. The Labute approximate surface area is 172 Å². The minimum absolute atomic E-state index is 0.0391. The molecule has 1 atom stereocenters. The SMILES string of the molecule is COc1ccccc1CNC(=O)C(=O)NC[C@H](c1ccc(N(C)C)cc1)[NH+](C)C. The Morgan fingerprint density at radius 1 is 1.00 bits per heavy atom. The van der Waals surface area contributed by atoms with Crippen LogP contribution in [-0.4, -0.2) is 53.7 Å². The molecule has 0 radical (unpaired) electrons. The topological polar surface area (TPSA) is 75.1 Å². The smallest absolute Gasteiger partial charge is 0.309 e. The van der Waals surface area contributed by atoms with Gasteiger partial charge >= 0.3 is 11.8 Å². The highest BCUT2D eigenvalue weighted by Gasteiger charge is 2.21.